The van der Waals surface area contributed by atoms with Gasteiger partial charge in [0.25, 0.3) is 0 Å². The molecule has 2 fully saturated rings. The van der Waals surface area contributed by atoms with Gasteiger partial charge in [0.1, 0.15) is 0 Å². The van der Waals surface area contributed by atoms with Crippen LogP contribution in [0.25, 0.3) is 0 Å². The summed E-state index contributed by atoms with van der Waals surface area (Å²) in [5, 5.41) is 24.9. The number of aromatic nitrogens is 2. The summed E-state index contributed by atoms with van der Waals surface area (Å²) in [6, 6.07) is 11.3. The maximum Gasteiger partial charge on any atom is 0.231 e. The van der Waals surface area contributed by atoms with Crippen LogP contribution in [-0.2, 0) is 10.4 Å². The summed E-state index contributed by atoms with van der Waals surface area (Å²) in [6.07, 6.45) is 3.05. The molecule has 0 aliphatic carbocycles. The molecular weight excluding hydrogens is 330 g/mol. The zero-order valence-electron chi connectivity index (χ0n) is 14.6. The molecule has 2 aliphatic heterocycles. The van der Waals surface area contributed by atoms with Crippen molar-refractivity contribution >= 4 is 17.4 Å². The van der Waals surface area contributed by atoms with Crippen molar-refractivity contribution in [2.24, 2.45) is 5.92 Å². The summed E-state index contributed by atoms with van der Waals surface area (Å²) in [6.45, 7) is 2.93. The molecule has 7 heteroatoms. The fraction of sp³-hybridized carbons (Fsp3) is 0.421. The van der Waals surface area contributed by atoms with Crippen molar-refractivity contribution in [3.63, 3.8) is 0 Å². The van der Waals surface area contributed by atoms with Crippen LogP contribution in [0.3, 0.4) is 0 Å². The van der Waals surface area contributed by atoms with Gasteiger partial charge in [-0.2, -0.15) is 5.10 Å². The third kappa shape index (κ3) is 3.40. The van der Waals surface area contributed by atoms with Gasteiger partial charge >= 0.3 is 0 Å². The first-order chi connectivity index (χ1) is 12.6. The molecule has 26 heavy (non-hydrogen) atoms. The van der Waals surface area contributed by atoms with Gasteiger partial charge in [-0.1, -0.05) is 12.1 Å². The van der Waals surface area contributed by atoms with E-state index in [1.165, 1.54) is 0 Å². The molecule has 136 valence electrons. The summed E-state index contributed by atoms with van der Waals surface area (Å²) in [5.41, 5.74) is 0.905. The van der Waals surface area contributed by atoms with E-state index in [1.807, 2.05) is 41.3 Å². The van der Waals surface area contributed by atoms with Gasteiger partial charge in [-0.15, -0.1) is 5.10 Å². The van der Waals surface area contributed by atoms with Crippen LogP contribution in [0.2, 0.25) is 0 Å². The number of rotatable bonds is 4. The van der Waals surface area contributed by atoms with Crippen molar-refractivity contribution in [3.05, 3.63) is 48.2 Å². The number of aliphatic hydroxyl groups is 1. The summed E-state index contributed by atoms with van der Waals surface area (Å²) < 4.78 is 0. The summed E-state index contributed by atoms with van der Waals surface area (Å²) in [5.74, 6) is 0.764. The summed E-state index contributed by atoms with van der Waals surface area (Å²) in [7, 11) is 0. The summed E-state index contributed by atoms with van der Waals surface area (Å²) >= 11 is 0. The fourth-order valence-corrected chi connectivity index (χ4v) is 3.53. The molecule has 1 aromatic carbocycles. The molecule has 0 saturated carbocycles. The van der Waals surface area contributed by atoms with E-state index in [1.54, 1.807) is 6.20 Å². The Morgan fingerprint density at radius 2 is 1.92 bits per heavy atom. The molecular formula is C19H23N5O2. The van der Waals surface area contributed by atoms with E-state index in [2.05, 4.69) is 20.8 Å². The van der Waals surface area contributed by atoms with Crippen LogP contribution in [0, 0.1) is 5.92 Å². The van der Waals surface area contributed by atoms with Crippen molar-refractivity contribution in [2.75, 3.05) is 36.4 Å². The number of nitrogens with one attached hydrogen (secondary N) is 2. The van der Waals surface area contributed by atoms with E-state index in [0.717, 1.165) is 30.2 Å². The van der Waals surface area contributed by atoms with Gasteiger partial charge in [-0.05, 0) is 55.8 Å². The van der Waals surface area contributed by atoms with E-state index in [-0.39, 0.29) is 11.8 Å². The number of hydrogen-bond donors (Lipinski definition) is 3. The minimum Gasteiger partial charge on any atom is -0.385 e. The van der Waals surface area contributed by atoms with Crippen LogP contribution in [0.4, 0.5) is 11.5 Å². The number of piperidine rings is 1. The SMILES string of the molecule is O=C(Nc1ccc(C2(O)CCNCC2)cc1)C1CN(c2cccnn2)C1. The van der Waals surface area contributed by atoms with Gasteiger partial charge in [-0.25, -0.2) is 0 Å². The van der Waals surface area contributed by atoms with Crippen LogP contribution in [0.5, 0.6) is 0 Å². The molecule has 0 radical (unpaired) electrons. The quantitative estimate of drug-likeness (QED) is 0.763. The maximum atomic E-state index is 12.4. The average Bonchev–Trinajstić information content (AvgIpc) is 2.62. The number of hydrogen-bond acceptors (Lipinski definition) is 6. The van der Waals surface area contributed by atoms with Crippen LogP contribution in [-0.4, -0.2) is 47.4 Å². The Balaban J connectivity index is 1.32. The predicted molar refractivity (Wildman–Crippen MR) is 98.8 cm³/mol. The second kappa shape index (κ2) is 7.01. The van der Waals surface area contributed by atoms with Gasteiger partial charge in [-0.3, -0.25) is 4.79 Å². The maximum absolute atomic E-state index is 12.4. The topological polar surface area (TPSA) is 90.4 Å². The minimum absolute atomic E-state index is 0.0125. The molecule has 3 N–H and O–H groups in total. The molecule has 4 rings (SSSR count). The predicted octanol–water partition coefficient (Wildman–Crippen LogP) is 1.12. The van der Waals surface area contributed by atoms with Crippen molar-refractivity contribution in [1.82, 2.24) is 15.5 Å². The third-order valence-electron chi connectivity index (χ3n) is 5.26. The molecule has 2 aliphatic rings. The largest absolute Gasteiger partial charge is 0.385 e. The van der Waals surface area contributed by atoms with Crippen molar-refractivity contribution in [2.45, 2.75) is 18.4 Å². The van der Waals surface area contributed by atoms with Crippen LogP contribution in [0.15, 0.2) is 42.6 Å². The first kappa shape index (κ1) is 16.9. The van der Waals surface area contributed by atoms with E-state index < -0.39 is 5.60 Å². The normalized spacial score (nSPS) is 19.7. The van der Waals surface area contributed by atoms with Gasteiger partial charge in [0.15, 0.2) is 5.82 Å². The first-order valence-corrected chi connectivity index (χ1v) is 9.01. The molecule has 3 heterocycles. The summed E-state index contributed by atoms with van der Waals surface area (Å²) in [4.78, 5) is 14.4. The smallest absolute Gasteiger partial charge is 0.231 e. The Hall–Kier alpha value is -2.51. The Kier molecular flexibility index (Phi) is 4.57. The highest BCUT2D eigenvalue weighted by molar-refractivity contribution is 5.94. The first-order valence-electron chi connectivity index (χ1n) is 9.01. The molecule has 7 nitrogen and oxygen atoms in total. The Labute approximate surface area is 152 Å². The molecule has 0 atom stereocenters. The van der Waals surface area contributed by atoms with E-state index in [0.29, 0.717) is 25.9 Å². The van der Waals surface area contributed by atoms with Gasteiger partial charge in [0.2, 0.25) is 5.91 Å². The van der Waals surface area contributed by atoms with Crippen molar-refractivity contribution in [3.8, 4) is 0 Å². The molecule has 0 unspecified atom stereocenters. The molecule has 0 bridgehead atoms. The lowest BCUT2D eigenvalue weighted by atomic mass is 9.85. The lowest BCUT2D eigenvalue weighted by molar-refractivity contribution is -0.120. The Morgan fingerprint density at radius 1 is 1.19 bits per heavy atom. The third-order valence-corrected chi connectivity index (χ3v) is 5.26. The highest BCUT2D eigenvalue weighted by Crippen LogP contribution is 2.31. The van der Waals surface area contributed by atoms with Gasteiger partial charge in [0.05, 0.1) is 11.5 Å². The van der Waals surface area contributed by atoms with E-state index in [4.69, 9.17) is 0 Å². The number of amides is 1. The number of carbonyl (C=O) groups is 1. The average molecular weight is 353 g/mol. The van der Waals surface area contributed by atoms with Gasteiger partial charge < -0.3 is 20.6 Å². The molecule has 0 spiro atoms. The van der Waals surface area contributed by atoms with Crippen LogP contribution >= 0.6 is 0 Å². The second-order valence-electron chi connectivity index (χ2n) is 7.03. The molecule has 1 amide bonds. The van der Waals surface area contributed by atoms with Crippen LogP contribution < -0.4 is 15.5 Å². The standard InChI is InChI=1S/C19H23N5O2/c25-18(14-12-24(13-14)17-2-1-9-21-23-17)22-16-5-3-15(4-6-16)19(26)7-10-20-11-8-19/h1-6,9,14,20,26H,7-8,10-13H2,(H,22,25). The Bertz CT molecular complexity index is 753. The molecule has 2 aromatic rings. The fourth-order valence-electron chi connectivity index (χ4n) is 3.53. The lowest BCUT2D eigenvalue weighted by Gasteiger charge is -2.38. The number of nitrogens with zero attached hydrogens (tertiary/aromatic N) is 3. The Morgan fingerprint density at radius 3 is 2.58 bits per heavy atom. The van der Waals surface area contributed by atoms with Crippen LogP contribution in [0.1, 0.15) is 18.4 Å². The zero-order chi connectivity index (χ0) is 18.0. The van der Waals surface area contributed by atoms with Crippen molar-refractivity contribution < 1.29 is 9.90 Å². The monoisotopic (exact) mass is 353 g/mol. The number of carbonyl (C=O) groups excluding carboxylic acids is 1. The van der Waals surface area contributed by atoms with Gasteiger partial charge in [0, 0.05) is 25.0 Å². The highest BCUT2D eigenvalue weighted by Gasteiger charge is 2.34. The second-order valence-corrected chi connectivity index (χ2v) is 7.03. The van der Waals surface area contributed by atoms with E-state index >= 15 is 0 Å². The molecule has 2 saturated heterocycles. The zero-order valence-corrected chi connectivity index (χ0v) is 14.6. The van der Waals surface area contributed by atoms with E-state index in [9.17, 15) is 9.90 Å². The lowest BCUT2D eigenvalue weighted by Crippen LogP contribution is -2.52. The minimum atomic E-state index is -0.765. The molecule has 1 aromatic heterocycles. The number of benzene rings is 1. The van der Waals surface area contributed by atoms with Crippen molar-refractivity contribution in [1.29, 1.82) is 0 Å². The number of anilines is 2. The highest BCUT2D eigenvalue weighted by atomic mass is 16.3.